The lowest BCUT2D eigenvalue weighted by Crippen LogP contribution is -2.32. The minimum absolute atomic E-state index is 0.272. The van der Waals surface area contributed by atoms with Gasteiger partial charge in [0.2, 0.25) is 0 Å². The molecule has 0 aliphatic heterocycles. The van der Waals surface area contributed by atoms with Gasteiger partial charge in [0.1, 0.15) is 24.7 Å². The van der Waals surface area contributed by atoms with Gasteiger partial charge in [-0.3, -0.25) is 0 Å². The third-order valence-electron chi connectivity index (χ3n) is 4.10. The second-order valence-electron chi connectivity index (χ2n) is 6.29. The van der Waals surface area contributed by atoms with Crippen molar-refractivity contribution in [2.75, 3.05) is 18.5 Å². The molecule has 0 bridgehead atoms. The molecule has 0 aliphatic carbocycles. The van der Waals surface area contributed by atoms with Crippen molar-refractivity contribution < 1.29 is 14.3 Å². The van der Waals surface area contributed by atoms with Crippen molar-refractivity contribution in [2.24, 2.45) is 0 Å². The molecule has 2 N–H and O–H groups in total. The number of urea groups is 1. The van der Waals surface area contributed by atoms with E-state index < -0.39 is 0 Å². The van der Waals surface area contributed by atoms with Crippen molar-refractivity contribution in [3.05, 3.63) is 90.0 Å². The van der Waals surface area contributed by atoms with Gasteiger partial charge in [0.05, 0.1) is 6.54 Å². The van der Waals surface area contributed by atoms with Gasteiger partial charge in [-0.1, -0.05) is 48.5 Å². The van der Waals surface area contributed by atoms with Gasteiger partial charge >= 0.3 is 6.03 Å². The van der Waals surface area contributed by atoms with Crippen LogP contribution in [0.15, 0.2) is 78.9 Å². The Morgan fingerprint density at radius 1 is 0.857 bits per heavy atom. The standard InChI is InChI=1S/C23H24N2O3/c1-18-7-5-6-10-22(18)27-16-15-24-23(26)25-20-11-13-21(14-12-20)28-17-19-8-3-2-4-9-19/h2-14H,15-17H2,1H3,(H2,24,25,26). The molecule has 0 fully saturated rings. The number of para-hydroxylation sites is 1. The first-order chi connectivity index (χ1) is 13.7. The fourth-order valence-corrected chi connectivity index (χ4v) is 2.59. The first-order valence-electron chi connectivity index (χ1n) is 9.21. The number of benzene rings is 3. The first kappa shape index (κ1) is 19.3. The van der Waals surface area contributed by atoms with E-state index in [9.17, 15) is 4.79 Å². The first-order valence-corrected chi connectivity index (χ1v) is 9.21. The van der Waals surface area contributed by atoms with Crippen LogP contribution >= 0.6 is 0 Å². The molecule has 0 saturated carbocycles. The Morgan fingerprint density at radius 2 is 1.57 bits per heavy atom. The van der Waals surface area contributed by atoms with Crippen LogP contribution in [0, 0.1) is 6.92 Å². The lowest BCUT2D eigenvalue weighted by Gasteiger charge is -2.11. The highest BCUT2D eigenvalue weighted by molar-refractivity contribution is 5.89. The number of aryl methyl sites for hydroxylation is 1. The summed E-state index contributed by atoms with van der Waals surface area (Å²) in [5, 5.41) is 5.57. The molecule has 0 unspecified atom stereocenters. The number of anilines is 1. The molecule has 3 aromatic carbocycles. The lowest BCUT2D eigenvalue weighted by atomic mass is 10.2. The number of amides is 2. The topological polar surface area (TPSA) is 59.6 Å². The Hall–Kier alpha value is -3.47. The highest BCUT2D eigenvalue weighted by atomic mass is 16.5. The highest BCUT2D eigenvalue weighted by Crippen LogP contribution is 2.17. The van der Waals surface area contributed by atoms with Crippen molar-refractivity contribution in [2.45, 2.75) is 13.5 Å². The summed E-state index contributed by atoms with van der Waals surface area (Å²) < 4.78 is 11.4. The van der Waals surface area contributed by atoms with Crippen molar-refractivity contribution in [3.63, 3.8) is 0 Å². The van der Waals surface area contributed by atoms with Crippen LogP contribution in [-0.2, 0) is 6.61 Å². The molecule has 144 valence electrons. The molecule has 0 spiro atoms. The number of hydrogen-bond acceptors (Lipinski definition) is 3. The zero-order valence-corrected chi connectivity index (χ0v) is 15.9. The van der Waals surface area contributed by atoms with Crippen LogP contribution in [0.2, 0.25) is 0 Å². The third-order valence-corrected chi connectivity index (χ3v) is 4.10. The molecule has 5 heteroatoms. The Morgan fingerprint density at radius 3 is 2.32 bits per heavy atom. The molecule has 0 aromatic heterocycles. The van der Waals surface area contributed by atoms with E-state index in [0.29, 0.717) is 25.4 Å². The van der Waals surface area contributed by atoms with Gasteiger partial charge in [-0.05, 0) is 48.4 Å². The summed E-state index contributed by atoms with van der Waals surface area (Å²) >= 11 is 0. The summed E-state index contributed by atoms with van der Waals surface area (Å²) in [6.45, 7) is 3.32. The number of rotatable bonds is 8. The number of nitrogens with one attached hydrogen (secondary N) is 2. The van der Waals surface area contributed by atoms with E-state index in [4.69, 9.17) is 9.47 Å². The zero-order chi connectivity index (χ0) is 19.6. The van der Waals surface area contributed by atoms with Crippen LogP contribution in [0.1, 0.15) is 11.1 Å². The SMILES string of the molecule is Cc1ccccc1OCCNC(=O)Nc1ccc(OCc2ccccc2)cc1. The van der Waals surface area contributed by atoms with Gasteiger partial charge < -0.3 is 20.1 Å². The summed E-state index contributed by atoms with van der Waals surface area (Å²) in [6.07, 6.45) is 0. The second-order valence-corrected chi connectivity index (χ2v) is 6.29. The van der Waals surface area contributed by atoms with Crippen LogP contribution in [0.25, 0.3) is 0 Å². The van der Waals surface area contributed by atoms with E-state index in [-0.39, 0.29) is 6.03 Å². The molecule has 0 atom stereocenters. The van der Waals surface area contributed by atoms with Crippen molar-refractivity contribution >= 4 is 11.7 Å². The van der Waals surface area contributed by atoms with E-state index in [1.807, 2.05) is 85.8 Å². The summed E-state index contributed by atoms with van der Waals surface area (Å²) in [5.74, 6) is 1.58. The molecule has 3 rings (SSSR count). The maximum absolute atomic E-state index is 12.0. The van der Waals surface area contributed by atoms with E-state index >= 15 is 0 Å². The van der Waals surface area contributed by atoms with E-state index in [2.05, 4.69) is 10.6 Å². The minimum Gasteiger partial charge on any atom is -0.491 e. The number of carbonyl (C=O) groups excluding carboxylic acids is 1. The number of ether oxygens (including phenoxy) is 2. The predicted octanol–water partition coefficient (Wildman–Crippen LogP) is 4.77. The minimum atomic E-state index is -0.272. The van der Waals surface area contributed by atoms with Crippen molar-refractivity contribution in [1.82, 2.24) is 5.32 Å². The Labute approximate surface area is 165 Å². The smallest absolute Gasteiger partial charge is 0.319 e. The molecule has 0 saturated heterocycles. The van der Waals surface area contributed by atoms with Gasteiger partial charge in [-0.25, -0.2) is 4.79 Å². The van der Waals surface area contributed by atoms with Gasteiger partial charge in [0.25, 0.3) is 0 Å². The van der Waals surface area contributed by atoms with Crippen molar-refractivity contribution in [1.29, 1.82) is 0 Å². The summed E-state index contributed by atoms with van der Waals surface area (Å²) in [4.78, 5) is 12.0. The fourth-order valence-electron chi connectivity index (χ4n) is 2.59. The summed E-state index contributed by atoms with van der Waals surface area (Å²) in [7, 11) is 0. The predicted molar refractivity (Wildman–Crippen MR) is 111 cm³/mol. The quantitative estimate of drug-likeness (QED) is 0.557. The largest absolute Gasteiger partial charge is 0.491 e. The van der Waals surface area contributed by atoms with Crippen LogP contribution in [-0.4, -0.2) is 19.2 Å². The average molecular weight is 376 g/mol. The maximum Gasteiger partial charge on any atom is 0.319 e. The number of carbonyl (C=O) groups is 1. The van der Waals surface area contributed by atoms with Gasteiger partial charge in [-0.15, -0.1) is 0 Å². The zero-order valence-electron chi connectivity index (χ0n) is 15.9. The molecule has 2 amide bonds. The molecule has 28 heavy (non-hydrogen) atoms. The molecule has 5 nitrogen and oxygen atoms in total. The molecule has 3 aromatic rings. The highest BCUT2D eigenvalue weighted by Gasteiger charge is 2.03. The van der Waals surface area contributed by atoms with Gasteiger partial charge in [-0.2, -0.15) is 0 Å². The number of hydrogen-bond donors (Lipinski definition) is 2. The Bertz CT molecular complexity index is 880. The van der Waals surface area contributed by atoms with E-state index in [1.165, 1.54) is 0 Å². The molecular formula is C23H24N2O3. The third kappa shape index (κ3) is 6.06. The molecule has 0 heterocycles. The summed E-state index contributed by atoms with van der Waals surface area (Å²) in [5.41, 5.74) is 2.88. The Balaban J connectivity index is 1.37. The van der Waals surface area contributed by atoms with Crippen LogP contribution in [0.3, 0.4) is 0 Å². The van der Waals surface area contributed by atoms with Crippen LogP contribution in [0.4, 0.5) is 10.5 Å². The molecule has 0 radical (unpaired) electrons. The van der Waals surface area contributed by atoms with Gasteiger partial charge in [0, 0.05) is 5.69 Å². The van der Waals surface area contributed by atoms with Crippen LogP contribution < -0.4 is 20.1 Å². The molecular weight excluding hydrogens is 352 g/mol. The monoisotopic (exact) mass is 376 g/mol. The maximum atomic E-state index is 12.0. The lowest BCUT2D eigenvalue weighted by molar-refractivity contribution is 0.247. The van der Waals surface area contributed by atoms with Crippen molar-refractivity contribution in [3.8, 4) is 11.5 Å². The van der Waals surface area contributed by atoms with Crippen LogP contribution in [0.5, 0.6) is 11.5 Å². The van der Waals surface area contributed by atoms with E-state index in [1.54, 1.807) is 0 Å². The Kier molecular flexibility index (Phi) is 6.90. The normalized spacial score (nSPS) is 10.2. The second kappa shape index (κ2) is 10.0. The average Bonchev–Trinajstić information content (AvgIpc) is 2.73. The summed E-state index contributed by atoms with van der Waals surface area (Å²) in [6, 6.07) is 24.8. The fraction of sp³-hybridized carbons (Fsp3) is 0.174. The molecule has 0 aliphatic rings. The van der Waals surface area contributed by atoms with Gasteiger partial charge in [0.15, 0.2) is 0 Å². The van der Waals surface area contributed by atoms with E-state index in [0.717, 1.165) is 22.6 Å².